The average molecular weight is 238 g/mol. The Balaban J connectivity index is 2.32. The number of thioether (sulfide) groups is 1. The molecule has 86 valence electrons. The molecule has 0 spiro atoms. The zero-order valence-corrected chi connectivity index (χ0v) is 10.2. The number of halogens is 1. The number of benzene rings is 1. The van der Waals surface area contributed by atoms with Crippen LogP contribution < -0.4 is 5.73 Å². The van der Waals surface area contributed by atoms with Crippen LogP contribution in [0.2, 0.25) is 0 Å². The Morgan fingerprint density at radius 3 is 2.75 bits per heavy atom. The number of nitrogens with zero attached hydrogens (tertiary/aromatic N) is 1. The van der Waals surface area contributed by atoms with Gasteiger partial charge in [0.05, 0.1) is 10.8 Å². The molecule has 0 aliphatic carbocycles. The molecule has 1 aliphatic rings. The average Bonchev–Trinajstić information content (AvgIpc) is 2.23. The third-order valence-electron chi connectivity index (χ3n) is 2.78. The van der Waals surface area contributed by atoms with Crippen molar-refractivity contribution < 1.29 is 4.39 Å². The van der Waals surface area contributed by atoms with Crippen molar-refractivity contribution in [3.63, 3.8) is 0 Å². The number of hydrogen-bond acceptors (Lipinski definition) is 3. The van der Waals surface area contributed by atoms with Crippen molar-refractivity contribution in [3.05, 3.63) is 35.6 Å². The molecule has 1 unspecified atom stereocenters. The van der Waals surface area contributed by atoms with E-state index in [4.69, 9.17) is 5.73 Å². The van der Waals surface area contributed by atoms with E-state index in [9.17, 15) is 4.39 Å². The second-order valence-electron chi connectivity index (χ2n) is 4.37. The fourth-order valence-electron chi connectivity index (χ4n) is 1.63. The summed E-state index contributed by atoms with van der Waals surface area (Å²) in [6.07, 6.45) is 0. The van der Waals surface area contributed by atoms with Crippen molar-refractivity contribution in [2.75, 3.05) is 5.75 Å². The first kappa shape index (κ1) is 11.5. The lowest BCUT2D eigenvalue weighted by molar-refractivity contribution is 0.593. The number of rotatable bonds is 1. The summed E-state index contributed by atoms with van der Waals surface area (Å²) < 4.78 is 13.4. The molecule has 0 saturated heterocycles. The molecule has 16 heavy (non-hydrogen) atoms. The fraction of sp³-hybridized carbons (Fsp3) is 0.417. The molecule has 0 saturated carbocycles. The maximum Gasteiger partial charge on any atom is 0.128 e. The summed E-state index contributed by atoms with van der Waals surface area (Å²) >= 11 is 1.72. The van der Waals surface area contributed by atoms with Crippen LogP contribution in [-0.2, 0) is 0 Å². The third kappa shape index (κ3) is 2.07. The van der Waals surface area contributed by atoms with Crippen LogP contribution in [0.25, 0.3) is 0 Å². The van der Waals surface area contributed by atoms with Gasteiger partial charge in [-0.3, -0.25) is 4.99 Å². The minimum atomic E-state index is -0.204. The first-order valence-electron chi connectivity index (χ1n) is 5.23. The summed E-state index contributed by atoms with van der Waals surface area (Å²) in [5, 5.41) is 0. The van der Waals surface area contributed by atoms with Crippen molar-refractivity contribution in [2.45, 2.75) is 24.6 Å². The standard InChI is InChI=1S/C12H15FN2S/c1-12(2)11(14)15-10(7-16-12)8-5-3-4-6-9(8)13/h3-6,10H,7H2,1-2H3,(H2,14,15). The van der Waals surface area contributed by atoms with Gasteiger partial charge in [0.1, 0.15) is 11.7 Å². The lowest BCUT2D eigenvalue weighted by Gasteiger charge is -2.31. The van der Waals surface area contributed by atoms with Gasteiger partial charge in [-0.25, -0.2) is 4.39 Å². The molecule has 0 bridgehead atoms. The third-order valence-corrected chi connectivity index (χ3v) is 4.19. The van der Waals surface area contributed by atoms with Crippen molar-refractivity contribution in [1.29, 1.82) is 0 Å². The fourth-order valence-corrected chi connectivity index (χ4v) is 2.66. The van der Waals surface area contributed by atoms with Crippen LogP contribution in [0.3, 0.4) is 0 Å². The molecular weight excluding hydrogens is 223 g/mol. The zero-order valence-electron chi connectivity index (χ0n) is 9.40. The van der Waals surface area contributed by atoms with E-state index in [-0.39, 0.29) is 16.6 Å². The second-order valence-corrected chi connectivity index (χ2v) is 6.02. The predicted molar refractivity (Wildman–Crippen MR) is 67.3 cm³/mol. The number of hydrogen-bond donors (Lipinski definition) is 1. The smallest absolute Gasteiger partial charge is 0.128 e. The van der Waals surface area contributed by atoms with E-state index >= 15 is 0 Å². The Morgan fingerprint density at radius 2 is 2.12 bits per heavy atom. The quantitative estimate of drug-likeness (QED) is 0.817. The molecule has 1 aromatic rings. The summed E-state index contributed by atoms with van der Waals surface area (Å²) in [7, 11) is 0. The molecular formula is C12H15FN2S. The van der Waals surface area contributed by atoms with Gasteiger partial charge in [0.2, 0.25) is 0 Å². The van der Waals surface area contributed by atoms with Crippen molar-refractivity contribution in [2.24, 2.45) is 10.7 Å². The molecule has 0 radical (unpaired) electrons. The SMILES string of the molecule is CC1(C)SCC(c2ccccc2F)N=C1N. The Hall–Kier alpha value is -1.03. The topological polar surface area (TPSA) is 38.4 Å². The molecule has 1 aromatic carbocycles. The van der Waals surface area contributed by atoms with Gasteiger partial charge in [0.15, 0.2) is 0 Å². The Labute approximate surface area is 99.1 Å². The van der Waals surface area contributed by atoms with Gasteiger partial charge < -0.3 is 5.73 Å². The highest BCUT2D eigenvalue weighted by Crippen LogP contribution is 2.36. The largest absolute Gasteiger partial charge is 0.386 e. The van der Waals surface area contributed by atoms with Gasteiger partial charge in [0, 0.05) is 11.3 Å². The molecule has 0 amide bonds. The van der Waals surface area contributed by atoms with Gasteiger partial charge in [-0.1, -0.05) is 18.2 Å². The highest BCUT2D eigenvalue weighted by atomic mass is 32.2. The molecule has 2 nitrogen and oxygen atoms in total. The molecule has 1 aliphatic heterocycles. The summed E-state index contributed by atoms with van der Waals surface area (Å²) in [5.41, 5.74) is 6.53. The number of nitrogens with two attached hydrogens (primary N) is 1. The van der Waals surface area contributed by atoms with E-state index in [1.165, 1.54) is 6.07 Å². The van der Waals surface area contributed by atoms with E-state index in [1.807, 2.05) is 19.9 Å². The Morgan fingerprint density at radius 1 is 1.44 bits per heavy atom. The highest BCUT2D eigenvalue weighted by molar-refractivity contribution is 8.01. The lowest BCUT2D eigenvalue weighted by atomic mass is 10.1. The Bertz CT molecular complexity index is 429. The maximum atomic E-state index is 13.6. The zero-order chi connectivity index (χ0) is 11.8. The van der Waals surface area contributed by atoms with Gasteiger partial charge >= 0.3 is 0 Å². The van der Waals surface area contributed by atoms with E-state index in [2.05, 4.69) is 4.99 Å². The highest BCUT2D eigenvalue weighted by Gasteiger charge is 2.31. The van der Waals surface area contributed by atoms with E-state index in [1.54, 1.807) is 23.9 Å². The van der Waals surface area contributed by atoms with Crippen LogP contribution in [0.15, 0.2) is 29.3 Å². The molecule has 1 atom stereocenters. The van der Waals surface area contributed by atoms with Crippen molar-refractivity contribution in [1.82, 2.24) is 0 Å². The normalized spacial score (nSPS) is 23.9. The minimum Gasteiger partial charge on any atom is -0.386 e. The summed E-state index contributed by atoms with van der Waals surface area (Å²) in [6, 6.07) is 6.60. The molecule has 1 heterocycles. The van der Waals surface area contributed by atoms with Crippen LogP contribution in [0.4, 0.5) is 4.39 Å². The number of amidine groups is 1. The first-order chi connectivity index (χ1) is 7.50. The predicted octanol–water partition coefficient (Wildman–Crippen LogP) is 2.75. The van der Waals surface area contributed by atoms with E-state index < -0.39 is 0 Å². The Kier molecular flexibility index (Phi) is 2.93. The van der Waals surface area contributed by atoms with Gasteiger partial charge in [-0.15, -0.1) is 11.8 Å². The molecule has 0 aromatic heterocycles. The molecule has 0 fully saturated rings. The number of aliphatic imine (C=N–C) groups is 1. The van der Waals surface area contributed by atoms with E-state index in [0.29, 0.717) is 11.4 Å². The van der Waals surface area contributed by atoms with Crippen LogP contribution in [0, 0.1) is 5.82 Å². The summed E-state index contributed by atoms with van der Waals surface area (Å²) in [6.45, 7) is 4.07. The molecule has 2 N–H and O–H groups in total. The van der Waals surface area contributed by atoms with Crippen LogP contribution >= 0.6 is 11.8 Å². The molecule has 4 heteroatoms. The summed E-state index contributed by atoms with van der Waals surface area (Å²) in [5.74, 6) is 1.16. The minimum absolute atomic E-state index is 0.137. The second kappa shape index (κ2) is 4.09. The van der Waals surface area contributed by atoms with Crippen LogP contribution in [0.1, 0.15) is 25.5 Å². The van der Waals surface area contributed by atoms with Crippen molar-refractivity contribution >= 4 is 17.6 Å². The van der Waals surface area contributed by atoms with Crippen molar-refractivity contribution in [3.8, 4) is 0 Å². The van der Waals surface area contributed by atoms with E-state index in [0.717, 1.165) is 5.75 Å². The van der Waals surface area contributed by atoms with Crippen LogP contribution in [-0.4, -0.2) is 16.3 Å². The molecule has 2 rings (SSSR count). The lowest BCUT2D eigenvalue weighted by Crippen LogP contribution is -2.39. The first-order valence-corrected chi connectivity index (χ1v) is 6.21. The van der Waals surface area contributed by atoms with Gasteiger partial charge in [-0.05, 0) is 19.9 Å². The maximum absolute atomic E-state index is 13.6. The van der Waals surface area contributed by atoms with Gasteiger partial charge in [-0.2, -0.15) is 0 Å². The van der Waals surface area contributed by atoms with Crippen LogP contribution in [0.5, 0.6) is 0 Å². The summed E-state index contributed by atoms with van der Waals surface area (Å²) in [4.78, 5) is 4.40. The monoisotopic (exact) mass is 238 g/mol. The van der Waals surface area contributed by atoms with Gasteiger partial charge in [0.25, 0.3) is 0 Å².